The van der Waals surface area contributed by atoms with E-state index in [-0.39, 0.29) is 17.4 Å². The van der Waals surface area contributed by atoms with Crippen LogP contribution in [0.4, 0.5) is 5.69 Å². The fourth-order valence-electron chi connectivity index (χ4n) is 1.91. The van der Waals surface area contributed by atoms with Crippen LogP contribution >= 0.6 is 11.8 Å². The minimum absolute atomic E-state index is 0.0461. The number of carboxylic acids is 1. The smallest absolute Gasteiger partial charge is 0.338 e. The van der Waals surface area contributed by atoms with Crippen LogP contribution in [0, 0.1) is 0 Å². The van der Waals surface area contributed by atoms with Crippen molar-refractivity contribution in [1.82, 2.24) is 0 Å². The molecule has 2 N–H and O–H groups in total. The summed E-state index contributed by atoms with van der Waals surface area (Å²) >= 11 is 1.34. The molecule has 0 bridgehead atoms. The van der Waals surface area contributed by atoms with Gasteiger partial charge < -0.3 is 10.4 Å². The molecule has 102 valence electrons. The third-order valence-corrected chi connectivity index (χ3v) is 4.91. The second-order valence-electron chi connectivity index (χ2n) is 4.10. The number of carboxylic acid groups (broad SMARTS) is 1. The minimum atomic E-state index is -3.16. The summed E-state index contributed by atoms with van der Waals surface area (Å²) in [4.78, 5) is 12.0. The summed E-state index contributed by atoms with van der Waals surface area (Å²) in [6.07, 6.45) is 3.33. The van der Waals surface area contributed by atoms with Gasteiger partial charge in [-0.3, -0.25) is 0 Å². The third-order valence-electron chi connectivity index (χ3n) is 2.73. The van der Waals surface area contributed by atoms with Crippen LogP contribution in [0.2, 0.25) is 0 Å². The summed E-state index contributed by atoms with van der Waals surface area (Å²) in [6.45, 7) is 0. The van der Waals surface area contributed by atoms with Crippen molar-refractivity contribution >= 4 is 33.3 Å². The van der Waals surface area contributed by atoms with E-state index in [0.717, 1.165) is 5.41 Å². The second kappa shape index (κ2) is 5.26. The van der Waals surface area contributed by atoms with E-state index < -0.39 is 15.8 Å². The van der Waals surface area contributed by atoms with Gasteiger partial charge in [-0.05, 0) is 18.4 Å². The molecule has 1 unspecified atom stereocenters. The molecule has 0 aliphatic carbocycles. The highest BCUT2D eigenvalue weighted by molar-refractivity contribution is 7.98. The Morgan fingerprint density at radius 3 is 2.74 bits per heavy atom. The van der Waals surface area contributed by atoms with E-state index in [2.05, 4.69) is 5.32 Å². The maximum Gasteiger partial charge on any atom is 0.338 e. The number of nitrogens with one attached hydrogen (secondary N) is 1. The van der Waals surface area contributed by atoms with Gasteiger partial charge in [0.1, 0.15) is 0 Å². The first-order valence-electron chi connectivity index (χ1n) is 5.51. The summed E-state index contributed by atoms with van der Waals surface area (Å²) in [5, 5.41) is 13.4. The zero-order valence-electron chi connectivity index (χ0n) is 10.2. The largest absolute Gasteiger partial charge is 0.478 e. The van der Waals surface area contributed by atoms with Gasteiger partial charge in [0.05, 0.1) is 23.0 Å². The molecule has 0 amide bonds. The molecule has 5 nitrogen and oxygen atoms in total. The Labute approximate surface area is 115 Å². The number of hydrogen-bond acceptors (Lipinski definition) is 5. The van der Waals surface area contributed by atoms with Crippen LogP contribution in [0.15, 0.2) is 34.6 Å². The van der Waals surface area contributed by atoms with Gasteiger partial charge in [0.25, 0.3) is 0 Å². The predicted octanol–water partition coefficient (Wildman–Crippen LogP) is 1.83. The van der Waals surface area contributed by atoms with Crippen LogP contribution < -0.4 is 5.32 Å². The van der Waals surface area contributed by atoms with Crippen LogP contribution in [-0.4, -0.2) is 37.5 Å². The number of carbonyl (C=O) groups is 1. The number of sulfone groups is 1. The van der Waals surface area contributed by atoms with Gasteiger partial charge >= 0.3 is 5.97 Å². The summed E-state index contributed by atoms with van der Waals surface area (Å²) < 4.78 is 22.7. The maximum absolute atomic E-state index is 11.3. The molecule has 0 saturated heterocycles. The standard InChI is InChI=1S/C12H13NO4S2/c1-18-10-4-2-3-9(11(10)12(14)15)13-8-5-6-19(16,17)7-8/h2-6,8,13H,7H2,1H3,(H,14,15). The number of rotatable bonds is 4. The predicted molar refractivity (Wildman–Crippen MR) is 75.5 cm³/mol. The number of anilines is 1. The molecular formula is C12H13NO4S2. The quantitative estimate of drug-likeness (QED) is 0.825. The Morgan fingerprint density at radius 1 is 1.47 bits per heavy atom. The first-order valence-corrected chi connectivity index (χ1v) is 8.45. The molecule has 1 atom stereocenters. The van der Waals surface area contributed by atoms with Gasteiger partial charge in [0, 0.05) is 10.3 Å². The maximum atomic E-state index is 11.3. The molecule has 0 saturated carbocycles. The Kier molecular flexibility index (Phi) is 3.86. The molecule has 1 aliphatic heterocycles. The van der Waals surface area contributed by atoms with Gasteiger partial charge in [0.2, 0.25) is 0 Å². The topological polar surface area (TPSA) is 83.5 Å². The van der Waals surface area contributed by atoms with Gasteiger partial charge in [0.15, 0.2) is 9.84 Å². The van der Waals surface area contributed by atoms with E-state index in [9.17, 15) is 18.3 Å². The number of aromatic carboxylic acids is 1. The Bertz CT molecular complexity index is 637. The molecule has 0 spiro atoms. The summed E-state index contributed by atoms with van der Waals surface area (Å²) in [7, 11) is -3.16. The Morgan fingerprint density at radius 2 is 2.21 bits per heavy atom. The molecule has 1 aromatic rings. The molecule has 1 aliphatic rings. The fourth-order valence-corrected chi connectivity index (χ4v) is 3.76. The van der Waals surface area contributed by atoms with E-state index >= 15 is 0 Å². The van der Waals surface area contributed by atoms with Crippen LogP contribution in [0.25, 0.3) is 0 Å². The van der Waals surface area contributed by atoms with Gasteiger partial charge in [-0.2, -0.15) is 0 Å². The lowest BCUT2D eigenvalue weighted by atomic mass is 10.1. The molecule has 1 heterocycles. The lowest BCUT2D eigenvalue weighted by molar-refractivity contribution is 0.0694. The highest BCUT2D eigenvalue weighted by Gasteiger charge is 2.23. The van der Waals surface area contributed by atoms with Crippen LogP contribution in [0.5, 0.6) is 0 Å². The highest BCUT2D eigenvalue weighted by Crippen LogP contribution is 2.28. The second-order valence-corrected chi connectivity index (χ2v) is 6.88. The van der Waals surface area contributed by atoms with Crippen molar-refractivity contribution in [2.75, 3.05) is 17.3 Å². The molecule has 0 fully saturated rings. The lowest BCUT2D eigenvalue weighted by Gasteiger charge is -2.15. The molecule has 0 radical (unpaired) electrons. The first kappa shape index (κ1) is 14.0. The van der Waals surface area contributed by atoms with Gasteiger partial charge in [-0.15, -0.1) is 11.8 Å². The minimum Gasteiger partial charge on any atom is -0.478 e. The fraction of sp³-hybridized carbons (Fsp3) is 0.250. The third kappa shape index (κ3) is 3.10. The zero-order valence-corrected chi connectivity index (χ0v) is 11.8. The molecule has 19 heavy (non-hydrogen) atoms. The average molecular weight is 299 g/mol. The summed E-state index contributed by atoms with van der Waals surface area (Å²) in [5.74, 6) is -1.08. The van der Waals surface area contributed by atoms with Crippen molar-refractivity contribution in [3.05, 3.63) is 35.2 Å². The van der Waals surface area contributed by atoms with Crippen molar-refractivity contribution in [2.24, 2.45) is 0 Å². The molecule has 1 aromatic carbocycles. The molecular weight excluding hydrogens is 286 g/mol. The number of thioether (sulfide) groups is 1. The van der Waals surface area contributed by atoms with Gasteiger partial charge in [-0.25, -0.2) is 13.2 Å². The molecule has 0 aromatic heterocycles. The molecule has 7 heteroatoms. The van der Waals surface area contributed by atoms with Crippen LogP contribution in [0.1, 0.15) is 10.4 Å². The van der Waals surface area contributed by atoms with E-state index in [1.54, 1.807) is 24.5 Å². The van der Waals surface area contributed by atoms with Crippen molar-refractivity contribution in [2.45, 2.75) is 10.9 Å². The summed E-state index contributed by atoms with van der Waals surface area (Å²) in [5.41, 5.74) is 0.610. The van der Waals surface area contributed by atoms with Crippen molar-refractivity contribution in [1.29, 1.82) is 0 Å². The van der Waals surface area contributed by atoms with E-state index in [1.165, 1.54) is 17.8 Å². The van der Waals surface area contributed by atoms with Crippen molar-refractivity contribution in [3.8, 4) is 0 Å². The Hall–Kier alpha value is -1.47. The van der Waals surface area contributed by atoms with E-state index in [0.29, 0.717) is 10.6 Å². The monoisotopic (exact) mass is 299 g/mol. The zero-order chi connectivity index (χ0) is 14.0. The number of hydrogen-bond donors (Lipinski definition) is 2. The first-order chi connectivity index (χ1) is 8.93. The summed E-state index contributed by atoms with van der Waals surface area (Å²) in [6, 6.07) is 4.72. The Balaban J connectivity index is 2.31. The van der Waals surface area contributed by atoms with Crippen LogP contribution in [0.3, 0.4) is 0 Å². The average Bonchev–Trinajstić information content (AvgIpc) is 2.68. The molecule has 2 rings (SSSR count). The van der Waals surface area contributed by atoms with Gasteiger partial charge in [-0.1, -0.05) is 12.1 Å². The van der Waals surface area contributed by atoms with Crippen LogP contribution in [-0.2, 0) is 9.84 Å². The normalized spacial score (nSPS) is 20.4. The number of benzene rings is 1. The highest BCUT2D eigenvalue weighted by atomic mass is 32.2. The van der Waals surface area contributed by atoms with E-state index in [4.69, 9.17) is 0 Å². The van der Waals surface area contributed by atoms with Crippen molar-refractivity contribution in [3.63, 3.8) is 0 Å². The van der Waals surface area contributed by atoms with E-state index in [1.807, 2.05) is 0 Å². The lowest BCUT2D eigenvalue weighted by Crippen LogP contribution is -2.22. The van der Waals surface area contributed by atoms with Crippen molar-refractivity contribution < 1.29 is 18.3 Å². The SMILES string of the molecule is CSc1cccc(NC2C=CS(=O)(=O)C2)c1C(=O)O.